The summed E-state index contributed by atoms with van der Waals surface area (Å²) in [5.74, 6) is -0.697. The number of esters is 1. The van der Waals surface area contributed by atoms with Crippen molar-refractivity contribution in [3.05, 3.63) is 95.1 Å². The van der Waals surface area contributed by atoms with E-state index in [0.29, 0.717) is 34.6 Å². The quantitative estimate of drug-likeness (QED) is 0.337. The highest BCUT2D eigenvalue weighted by atomic mass is 16.5. The Morgan fingerprint density at radius 3 is 2.36 bits per heavy atom. The average Bonchev–Trinajstić information content (AvgIpc) is 3.23. The fourth-order valence-electron chi connectivity index (χ4n) is 4.02. The van der Waals surface area contributed by atoms with Crippen molar-refractivity contribution in [3.8, 4) is 0 Å². The van der Waals surface area contributed by atoms with Crippen LogP contribution in [0.1, 0.15) is 34.0 Å². The Balaban J connectivity index is 1.69. The summed E-state index contributed by atoms with van der Waals surface area (Å²) in [6.45, 7) is 2.49. The summed E-state index contributed by atoms with van der Waals surface area (Å²) in [5, 5.41) is 8.90. The summed E-state index contributed by atoms with van der Waals surface area (Å²) in [4.78, 5) is 38.7. The third kappa shape index (κ3) is 5.22. The minimum atomic E-state index is -0.435. The van der Waals surface area contributed by atoms with E-state index >= 15 is 0 Å². The van der Waals surface area contributed by atoms with Crippen LogP contribution < -0.4 is 16.0 Å². The first-order valence-corrected chi connectivity index (χ1v) is 11.6. The Hall–Kier alpha value is -4.59. The molecule has 3 N–H and O–H groups in total. The van der Waals surface area contributed by atoms with Crippen molar-refractivity contribution < 1.29 is 19.1 Å². The van der Waals surface area contributed by atoms with Crippen LogP contribution in [-0.4, -0.2) is 43.5 Å². The molecule has 8 nitrogen and oxygen atoms in total. The molecule has 3 amide bonds. The topological polar surface area (TPSA) is 99.8 Å². The number of hydrogen-bond acceptors (Lipinski definition) is 5. The SMILES string of the molecule is CCOC(=O)c1ccc2c(c1)NC(=O)/C2=C(\Nc1ccc(CN(C)C(=O)NC)cc1)c1ccccc1. The number of rotatable bonds is 7. The van der Waals surface area contributed by atoms with Gasteiger partial charge in [0.15, 0.2) is 0 Å². The molecule has 36 heavy (non-hydrogen) atoms. The number of urea groups is 1. The molecule has 3 aromatic carbocycles. The van der Waals surface area contributed by atoms with E-state index in [2.05, 4.69) is 16.0 Å². The predicted molar refractivity (Wildman–Crippen MR) is 140 cm³/mol. The number of anilines is 2. The molecule has 0 aromatic heterocycles. The Morgan fingerprint density at radius 2 is 1.69 bits per heavy atom. The van der Waals surface area contributed by atoms with Gasteiger partial charge in [0, 0.05) is 31.9 Å². The lowest BCUT2D eigenvalue weighted by Crippen LogP contribution is -2.34. The van der Waals surface area contributed by atoms with Gasteiger partial charge < -0.3 is 25.6 Å². The zero-order valence-corrected chi connectivity index (χ0v) is 20.4. The molecule has 0 bridgehead atoms. The normalized spacial score (nSPS) is 13.4. The van der Waals surface area contributed by atoms with Crippen molar-refractivity contribution in [2.75, 3.05) is 31.3 Å². The molecule has 1 aliphatic rings. The van der Waals surface area contributed by atoms with Crippen molar-refractivity contribution in [1.29, 1.82) is 0 Å². The second-order valence-corrected chi connectivity index (χ2v) is 8.28. The smallest absolute Gasteiger partial charge is 0.338 e. The van der Waals surface area contributed by atoms with Gasteiger partial charge in [-0.2, -0.15) is 0 Å². The van der Waals surface area contributed by atoms with E-state index < -0.39 is 5.97 Å². The predicted octanol–water partition coefficient (Wildman–Crippen LogP) is 4.57. The van der Waals surface area contributed by atoms with Crippen LogP contribution in [0.4, 0.5) is 16.2 Å². The number of ether oxygens (including phenoxy) is 1. The van der Waals surface area contributed by atoms with E-state index in [1.165, 1.54) is 0 Å². The number of nitrogens with zero attached hydrogens (tertiary/aromatic N) is 1. The molecule has 4 rings (SSSR count). The maximum atomic E-state index is 13.1. The van der Waals surface area contributed by atoms with E-state index in [4.69, 9.17) is 4.74 Å². The molecule has 8 heteroatoms. The van der Waals surface area contributed by atoms with Gasteiger partial charge in [0.1, 0.15) is 0 Å². The molecule has 0 aliphatic carbocycles. The molecule has 0 atom stereocenters. The summed E-state index contributed by atoms with van der Waals surface area (Å²) in [6, 6.07) is 22.2. The van der Waals surface area contributed by atoms with E-state index in [-0.39, 0.29) is 18.5 Å². The highest BCUT2D eigenvalue weighted by Crippen LogP contribution is 2.38. The van der Waals surface area contributed by atoms with Gasteiger partial charge in [-0.1, -0.05) is 48.5 Å². The second kappa shape index (κ2) is 10.8. The van der Waals surface area contributed by atoms with Crippen molar-refractivity contribution in [2.24, 2.45) is 0 Å². The Morgan fingerprint density at radius 1 is 0.972 bits per heavy atom. The highest BCUT2D eigenvalue weighted by molar-refractivity contribution is 6.37. The Kier molecular flexibility index (Phi) is 7.34. The van der Waals surface area contributed by atoms with Crippen LogP contribution in [0.25, 0.3) is 11.3 Å². The number of carbonyl (C=O) groups excluding carboxylic acids is 3. The lowest BCUT2D eigenvalue weighted by Gasteiger charge is -2.18. The number of nitrogens with one attached hydrogen (secondary N) is 3. The molecule has 0 fully saturated rings. The lowest BCUT2D eigenvalue weighted by atomic mass is 9.99. The first-order valence-electron chi connectivity index (χ1n) is 11.6. The summed E-state index contributed by atoms with van der Waals surface area (Å²) < 4.78 is 5.09. The zero-order valence-electron chi connectivity index (χ0n) is 20.4. The minimum Gasteiger partial charge on any atom is -0.462 e. The van der Waals surface area contributed by atoms with Gasteiger partial charge >= 0.3 is 12.0 Å². The highest BCUT2D eigenvalue weighted by Gasteiger charge is 2.29. The zero-order chi connectivity index (χ0) is 25.7. The summed E-state index contributed by atoms with van der Waals surface area (Å²) >= 11 is 0. The van der Waals surface area contributed by atoms with Gasteiger partial charge in [0.2, 0.25) is 0 Å². The largest absolute Gasteiger partial charge is 0.462 e. The molecular formula is C28H28N4O4. The van der Waals surface area contributed by atoms with Crippen LogP contribution in [0.3, 0.4) is 0 Å². The molecular weight excluding hydrogens is 456 g/mol. The maximum Gasteiger partial charge on any atom is 0.338 e. The average molecular weight is 485 g/mol. The van der Waals surface area contributed by atoms with Crippen molar-refractivity contribution in [3.63, 3.8) is 0 Å². The van der Waals surface area contributed by atoms with Crippen molar-refractivity contribution >= 4 is 40.6 Å². The number of fused-ring (bicyclic) bond motifs is 1. The van der Waals surface area contributed by atoms with Crippen LogP contribution in [0.2, 0.25) is 0 Å². The molecule has 1 heterocycles. The number of hydrogen-bond donors (Lipinski definition) is 3. The molecule has 0 saturated carbocycles. The van der Waals surface area contributed by atoms with Gasteiger partial charge in [0.05, 0.1) is 29.1 Å². The monoisotopic (exact) mass is 484 g/mol. The number of amides is 3. The van der Waals surface area contributed by atoms with Crippen molar-refractivity contribution in [1.82, 2.24) is 10.2 Å². The second-order valence-electron chi connectivity index (χ2n) is 8.28. The van der Waals surface area contributed by atoms with Crippen LogP contribution in [-0.2, 0) is 16.1 Å². The molecule has 0 radical (unpaired) electrons. The van der Waals surface area contributed by atoms with Gasteiger partial charge in [-0.05, 0) is 42.3 Å². The molecule has 0 saturated heterocycles. The van der Waals surface area contributed by atoms with E-state index in [1.54, 1.807) is 44.1 Å². The van der Waals surface area contributed by atoms with Crippen molar-refractivity contribution in [2.45, 2.75) is 13.5 Å². The first kappa shape index (κ1) is 24.5. The first-order chi connectivity index (χ1) is 17.4. The van der Waals surface area contributed by atoms with E-state index in [1.807, 2.05) is 54.6 Å². The third-order valence-electron chi connectivity index (χ3n) is 5.79. The number of carbonyl (C=O) groups is 3. The Bertz CT molecular complexity index is 1320. The van der Waals surface area contributed by atoms with Crippen LogP contribution in [0, 0.1) is 0 Å². The molecule has 1 aliphatic heterocycles. The van der Waals surface area contributed by atoms with Gasteiger partial charge in [-0.25, -0.2) is 9.59 Å². The molecule has 184 valence electrons. The van der Waals surface area contributed by atoms with E-state index in [0.717, 1.165) is 16.8 Å². The van der Waals surface area contributed by atoms with E-state index in [9.17, 15) is 14.4 Å². The van der Waals surface area contributed by atoms with Gasteiger partial charge in [-0.15, -0.1) is 0 Å². The fraction of sp³-hybridized carbons (Fsp3) is 0.179. The van der Waals surface area contributed by atoms with Crippen LogP contribution >= 0.6 is 0 Å². The summed E-state index contributed by atoms with van der Waals surface area (Å²) in [7, 11) is 3.33. The molecule has 3 aromatic rings. The lowest BCUT2D eigenvalue weighted by molar-refractivity contribution is -0.110. The van der Waals surface area contributed by atoms with Gasteiger partial charge in [0.25, 0.3) is 5.91 Å². The summed E-state index contributed by atoms with van der Waals surface area (Å²) in [6.07, 6.45) is 0. The van der Waals surface area contributed by atoms with Crippen LogP contribution in [0.15, 0.2) is 72.8 Å². The van der Waals surface area contributed by atoms with Crippen LogP contribution in [0.5, 0.6) is 0 Å². The molecule has 0 spiro atoms. The number of benzene rings is 3. The maximum absolute atomic E-state index is 13.1. The Labute approximate surface area is 210 Å². The third-order valence-corrected chi connectivity index (χ3v) is 5.79. The minimum absolute atomic E-state index is 0.162. The standard InChI is InChI=1S/C28H28N4O4/c1-4-36-27(34)20-12-15-22-23(16-20)31-26(33)24(22)25(19-8-6-5-7-9-19)30-21-13-10-18(11-14-21)17-32(3)28(35)29-2/h5-16,30H,4,17H2,1-3H3,(H,29,35)(H,31,33)/b25-24-. The van der Waals surface area contributed by atoms with Gasteiger partial charge in [-0.3, -0.25) is 4.79 Å². The summed E-state index contributed by atoms with van der Waals surface area (Å²) in [5.41, 5.74) is 5.36. The fourth-order valence-corrected chi connectivity index (χ4v) is 4.02. The molecule has 0 unspecified atom stereocenters.